The number of alkyl halides is 1. The van der Waals surface area contributed by atoms with E-state index in [0.717, 1.165) is 29.0 Å². The normalized spacial score (nSPS) is 11.4. The van der Waals surface area contributed by atoms with Gasteiger partial charge in [0, 0.05) is 18.8 Å². The molecule has 0 spiro atoms. The molecule has 0 atom stereocenters. The zero-order valence-electron chi connectivity index (χ0n) is 12.0. The first kappa shape index (κ1) is 14.4. The van der Waals surface area contributed by atoms with Crippen molar-refractivity contribution in [1.29, 1.82) is 0 Å². The molecule has 4 nitrogen and oxygen atoms in total. The van der Waals surface area contributed by atoms with Crippen LogP contribution in [-0.4, -0.2) is 19.3 Å². The molecular weight excluding hydrogens is 307 g/mol. The lowest BCUT2D eigenvalue weighted by Gasteiger charge is -2.08. The molecule has 2 heterocycles. The number of hydrogen-bond acceptors (Lipinski definition) is 2. The predicted octanol–water partition coefficient (Wildman–Crippen LogP) is 3.77. The molecule has 0 fully saturated rings. The molecule has 21 heavy (non-hydrogen) atoms. The highest BCUT2D eigenvalue weighted by Gasteiger charge is 2.15. The Morgan fingerprint density at radius 2 is 2.10 bits per heavy atom. The Labute approximate surface area is 133 Å². The zero-order valence-corrected chi connectivity index (χ0v) is 13.5. The number of aryl methyl sites for hydroxylation is 2. The Balaban J connectivity index is 2.15. The number of halogens is 2. The Morgan fingerprint density at radius 3 is 2.81 bits per heavy atom. The molecule has 0 aliphatic carbocycles. The summed E-state index contributed by atoms with van der Waals surface area (Å²) in [5.41, 5.74) is 4.07. The minimum absolute atomic E-state index is 0.354. The van der Waals surface area contributed by atoms with Crippen LogP contribution < -0.4 is 0 Å². The van der Waals surface area contributed by atoms with Gasteiger partial charge in [0.1, 0.15) is 5.82 Å². The Bertz CT molecular complexity index is 788. The number of aromatic nitrogens is 4. The summed E-state index contributed by atoms with van der Waals surface area (Å²) in [7, 11) is 1.93. The first-order valence-corrected chi connectivity index (χ1v) is 7.76. The van der Waals surface area contributed by atoms with Crippen molar-refractivity contribution in [3.63, 3.8) is 0 Å². The van der Waals surface area contributed by atoms with Gasteiger partial charge in [-0.25, -0.2) is 4.98 Å². The zero-order chi connectivity index (χ0) is 15.0. The summed E-state index contributed by atoms with van der Waals surface area (Å²) in [6, 6.07) is 5.74. The van der Waals surface area contributed by atoms with Crippen LogP contribution in [0.1, 0.15) is 24.0 Å². The number of benzene rings is 1. The van der Waals surface area contributed by atoms with Crippen LogP contribution in [0.3, 0.4) is 0 Å². The molecule has 0 bridgehead atoms. The van der Waals surface area contributed by atoms with Crippen LogP contribution in [0.25, 0.3) is 11.0 Å². The van der Waals surface area contributed by atoms with Crippen LogP contribution in [0.15, 0.2) is 24.4 Å². The summed E-state index contributed by atoms with van der Waals surface area (Å²) in [6.45, 7) is 2.78. The fourth-order valence-corrected chi connectivity index (χ4v) is 3.12. The van der Waals surface area contributed by atoms with Crippen LogP contribution >= 0.6 is 23.2 Å². The molecule has 3 rings (SSSR count). The molecule has 0 N–H and O–H groups in total. The molecule has 0 unspecified atom stereocenters. The number of rotatable bonds is 4. The standard InChI is InChI=1S/C15H16Cl2N4/c1-3-12-10(8-20(2)19-12)9-21-14(7-16)18-13-6-4-5-11(17)15(13)21/h4-6,8H,3,7,9H2,1-2H3. The topological polar surface area (TPSA) is 35.6 Å². The molecule has 2 aromatic heterocycles. The van der Waals surface area contributed by atoms with Crippen molar-refractivity contribution in [3.8, 4) is 0 Å². The molecule has 0 saturated heterocycles. The number of nitrogens with zero attached hydrogens (tertiary/aromatic N) is 4. The van der Waals surface area contributed by atoms with Crippen LogP contribution in [-0.2, 0) is 25.9 Å². The third kappa shape index (κ3) is 2.54. The van der Waals surface area contributed by atoms with Crippen LogP contribution in [0.5, 0.6) is 0 Å². The molecule has 6 heteroatoms. The highest BCUT2D eigenvalue weighted by molar-refractivity contribution is 6.35. The molecule has 0 amide bonds. The van der Waals surface area contributed by atoms with Crippen molar-refractivity contribution in [2.45, 2.75) is 25.8 Å². The highest BCUT2D eigenvalue weighted by atomic mass is 35.5. The quantitative estimate of drug-likeness (QED) is 0.685. The number of imidazole rings is 1. The van der Waals surface area contributed by atoms with E-state index in [1.54, 1.807) is 0 Å². The molecule has 0 aliphatic rings. The van der Waals surface area contributed by atoms with Crippen LogP contribution in [0, 0.1) is 0 Å². The van der Waals surface area contributed by atoms with Gasteiger partial charge in [0.25, 0.3) is 0 Å². The molecular formula is C15H16Cl2N4. The number of fused-ring (bicyclic) bond motifs is 1. The summed E-state index contributed by atoms with van der Waals surface area (Å²) < 4.78 is 3.93. The van der Waals surface area contributed by atoms with Crippen LogP contribution in [0.2, 0.25) is 5.02 Å². The maximum absolute atomic E-state index is 6.35. The predicted molar refractivity (Wildman–Crippen MR) is 86.0 cm³/mol. The largest absolute Gasteiger partial charge is 0.321 e. The van der Waals surface area contributed by atoms with Gasteiger partial charge in [-0.15, -0.1) is 11.6 Å². The van der Waals surface area contributed by atoms with Crippen molar-refractivity contribution >= 4 is 34.2 Å². The van der Waals surface area contributed by atoms with E-state index in [-0.39, 0.29) is 0 Å². The van der Waals surface area contributed by atoms with E-state index in [0.29, 0.717) is 17.4 Å². The van der Waals surface area contributed by atoms with Gasteiger partial charge in [-0.2, -0.15) is 5.10 Å². The van der Waals surface area contributed by atoms with E-state index in [1.165, 1.54) is 5.56 Å². The minimum atomic E-state index is 0.354. The lowest BCUT2D eigenvalue weighted by atomic mass is 10.2. The van der Waals surface area contributed by atoms with Gasteiger partial charge in [-0.1, -0.05) is 24.6 Å². The van der Waals surface area contributed by atoms with Gasteiger partial charge in [0.05, 0.1) is 34.2 Å². The van der Waals surface area contributed by atoms with Gasteiger partial charge in [0.15, 0.2) is 0 Å². The summed E-state index contributed by atoms with van der Waals surface area (Å²) in [6.07, 6.45) is 2.94. The summed E-state index contributed by atoms with van der Waals surface area (Å²) in [5, 5.41) is 5.18. The third-order valence-electron chi connectivity index (χ3n) is 3.57. The van der Waals surface area contributed by atoms with Gasteiger partial charge >= 0.3 is 0 Å². The van der Waals surface area contributed by atoms with E-state index < -0.39 is 0 Å². The maximum atomic E-state index is 6.35. The van der Waals surface area contributed by atoms with Gasteiger partial charge in [-0.05, 0) is 18.6 Å². The second kappa shape index (κ2) is 5.70. The molecule has 3 aromatic rings. The minimum Gasteiger partial charge on any atom is -0.321 e. The second-order valence-corrected chi connectivity index (χ2v) is 5.66. The Hall–Kier alpha value is -1.52. The van der Waals surface area contributed by atoms with Crippen molar-refractivity contribution in [2.24, 2.45) is 7.05 Å². The lowest BCUT2D eigenvalue weighted by molar-refractivity contribution is 0.746. The fraction of sp³-hybridized carbons (Fsp3) is 0.333. The van der Waals surface area contributed by atoms with E-state index >= 15 is 0 Å². The van der Waals surface area contributed by atoms with Crippen molar-refractivity contribution in [1.82, 2.24) is 19.3 Å². The summed E-state index contributed by atoms with van der Waals surface area (Å²) >= 11 is 12.4. The van der Waals surface area contributed by atoms with Gasteiger partial charge in [0.2, 0.25) is 0 Å². The second-order valence-electron chi connectivity index (χ2n) is 4.98. The average molecular weight is 323 g/mol. The smallest absolute Gasteiger partial charge is 0.125 e. The first-order chi connectivity index (χ1) is 10.1. The molecule has 0 aliphatic heterocycles. The highest BCUT2D eigenvalue weighted by Crippen LogP contribution is 2.26. The average Bonchev–Trinajstić information content (AvgIpc) is 3.00. The van der Waals surface area contributed by atoms with E-state index in [9.17, 15) is 0 Å². The van der Waals surface area contributed by atoms with Gasteiger partial charge in [-0.3, -0.25) is 4.68 Å². The number of hydrogen-bond donors (Lipinski definition) is 0. The Morgan fingerprint density at radius 1 is 1.29 bits per heavy atom. The number of para-hydroxylation sites is 1. The molecule has 0 saturated carbocycles. The SMILES string of the molecule is CCc1nn(C)cc1Cn1c(CCl)nc2cccc(Cl)c21. The van der Waals surface area contributed by atoms with Crippen molar-refractivity contribution < 1.29 is 0 Å². The summed E-state index contributed by atoms with van der Waals surface area (Å²) in [5.74, 6) is 1.18. The maximum Gasteiger partial charge on any atom is 0.125 e. The van der Waals surface area contributed by atoms with Crippen LogP contribution in [0.4, 0.5) is 0 Å². The van der Waals surface area contributed by atoms with E-state index in [1.807, 2.05) is 36.1 Å². The van der Waals surface area contributed by atoms with Crippen molar-refractivity contribution in [2.75, 3.05) is 0 Å². The fourth-order valence-electron chi connectivity index (χ4n) is 2.65. The monoisotopic (exact) mass is 322 g/mol. The molecule has 0 radical (unpaired) electrons. The first-order valence-electron chi connectivity index (χ1n) is 6.85. The van der Waals surface area contributed by atoms with E-state index in [2.05, 4.69) is 21.6 Å². The summed E-state index contributed by atoms with van der Waals surface area (Å²) in [4.78, 5) is 4.57. The Kier molecular flexibility index (Phi) is 3.91. The van der Waals surface area contributed by atoms with Crippen molar-refractivity contribution in [3.05, 3.63) is 46.5 Å². The lowest BCUT2D eigenvalue weighted by Crippen LogP contribution is -2.05. The van der Waals surface area contributed by atoms with E-state index in [4.69, 9.17) is 23.2 Å². The molecule has 1 aromatic carbocycles. The van der Waals surface area contributed by atoms with Gasteiger partial charge < -0.3 is 4.57 Å². The third-order valence-corrected chi connectivity index (χ3v) is 4.12. The molecule has 110 valence electrons.